The van der Waals surface area contributed by atoms with E-state index in [-0.39, 0.29) is 5.54 Å². The first-order chi connectivity index (χ1) is 8.38. The first-order valence-corrected chi connectivity index (χ1v) is 7.87. The Hall–Kier alpha value is -0.0800. The molecule has 2 heteroatoms. The molecular weight excluding hydrogens is 220 g/mol. The van der Waals surface area contributed by atoms with Crippen LogP contribution < -0.4 is 5.32 Å². The third kappa shape index (κ3) is 8.10. The van der Waals surface area contributed by atoms with Crippen LogP contribution in [-0.2, 0) is 0 Å². The summed E-state index contributed by atoms with van der Waals surface area (Å²) in [7, 11) is 0. The van der Waals surface area contributed by atoms with Gasteiger partial charge in [0.05, 0.1) is 0 Å². The van der Waals surface area contributed by atoms with Crippen LogP contribution in [-0.4, -0.2) is 36.1 Å². The van der Waals surface area contributed by atoms with Gasteiger partial charge in [0.15, 0.2) is 0 Å². The molecule has 0 aromatic rings. The Bertz CT molecular complexity index is 214. The van der Waals surface area contributed by atoms with Gasteiger partial charge in [-0.1, -0.05) is 20.3 Å². The molecular formula is C16H34N2. The van der Waals surface area contributed by atoms with E-state index in [4.69, 9.17) is 0 Å². The predicted molar refractivity (Wildman–Crippen MR) is 81.0 cm³/mol. The van der Waals surface area contributed by atoms with Crippen LogP contribution in [0.4, 0.5) is 0 Å². The number of nitrogens with one attached hydrogen (secondary N) is 1. The number of unbranched alkanes of at least 4 members (excludes halogenated alkanes) is 2. The van der Waals surface area contributed by atoms with Crippen molar-refractivity contribution in [1.82, 2.24) is 10.2 Å². The minimum Gasteiger partial charge on any atom is -0.312 e. The summed E-state index contributed by atoms with van der Waals surface area (Å²) in [6.45, 7) is 15.2. The van der Waals surface area contributed by atoms with E-state index < -0.39 is 0 Å². The van der Waals surface area contributed by atoms with Crippen LogP contribution in [0.5, 0.6) is 0 Å². The topological polar surface area (TPSA) is 15.3 Å². The van der Waals surface area contributed by atoms with Crippen molar-refractivity contribution in [3.8, 4) is 0 Å². The Balaban J connectivity index is 2.01. The standard InChI is InChI=1S/C16H34N2/c1-14(2)13-18(15-9-10-15)12-8-6-7-11-17-16(3,4)5/h14-15,17H,6-13H2,1-5H3. The zero-order valence-corrected chi connectivity index (χ0v) is 13.3. The van der Waals surface area contributed by atoms with E-state index in [0.29, 0.717) is 0 Å². The lowest BCUT2D eigenvalue weighted by Crippen LogP contribution is -2.36. The summed E-state index contributed by atoms with van der Waals surface area (Å²) in [6, 6.07) is 0.931. The molecule has 0 bridgehead atoms. The maximum atomic E-state index is 3.56. The van der Waals surface area contributed by atoms with E-state index >= 15 is 0 Å². The second-order valence-corrected chi connectivity index (χ2v) is 7.36. The molecule has 2 nitrogen and oxygen atoms in total. The first kappa shape index (κ1) is 16.0. The van der Waals surface area contributed by atoms with Crippen LogP contribution >= 0.6 is 0 Å². The molecule has 0 radical (unpaired) electrons. The lowest BCUT2D eigenvalue weighted by atomic mass is 10.1. The molecule has 18 heavy (non-hydrogen) atoms. The second-order valence-electron chi connectivity index (χ2n) is 7.36. The number of hydrogen-bond donors (Lipinski definition) is 1. The third-order valence-corrected chi connectivity index (χ3v) is 3.44. The van der Waals surface area contributed by atoms with E-state index in [1.165, 1.54) is 45.2 Å². The van der Waals surface area contributed by atoms with Gasteiger partial charge in [0, 0.05) is 18.1 Å². The average Bonchev–Trinajstić information content (AvgIpc) is 3.02. The molecule has 1 N–H and O–H groups in total. The Morgan fingerprint density at radius 1 is 1.11 bits per heavy atom. The van der Waals surface area contributed by atoms with Crippen molar-refractivity contribution < 1.29 is 0 Å². The van der Waals surface area contributed by atoms with Crippen molar-refractivity contribution in [2.24, 2.45) is 5.92 Å². The van der Waals surface area contributed by atoms with E-state index in [2.05, 4.69) is 44.8 Å². The van der Waals surface area contributed by atoms with Crippen LogP contribution in [0.15, 0.2) is 0 Å². The SMILES string of the molecule is CC(C)CN(CCCCCNC(C)(C)C)C1CC1. The molecule has 0 atom stereocenters. The largest absolute Gasteiger partial charge is 0.312 e. The van der Waals surface area contributed by atoms with Crippen molar-refractivity contribution in [1.29, 1.82) is 0 Å². The summed E-state index contributed by atoms with van der Waals surface area (Å²) in [5, 5.41) is 3.56. The van der Waals surface area contributed by atoms with Gasteiger partial charge in [-0.2, -0.15) is 0 Å². The van der Waals surface area contributed by atoms with E-state index in [1.807, 2.05) is 0 Å². The summed E-state index contributed by atoms with van der Waals surface area (Å²) in [5.74, 6) is 0.813. The van der Waals surface area contributed by atoms with Crippen molar-refractivity contribution in [3.63, 3.8) is 0 Å². The van der Waals surface area contributed by atoms with Crippen molar-refractivity contribution in [2.75, 3.05) is 19.6 Å². The molecule has 0 aliphatic heterocycles. The molecule has 1 aliphatic carbocycles. The monoisotopic (exact) mass is 254 g/mol. The lowest BCUT2D eigenvalue weighted by molar-refractivity contribution is 0.229. The summed E-state index contributed by atoms with van der Waals surface area (Å²) in [6.07, 6.45) is 6.94. The minimum absolute atomic E-state index is 0.275. The Kier molecular flexibility index (Phi) is 6.65. The fourth-order valence-electron chi connectivity index (χ4n) is 2.41. The van der Waals surface area contributed by atoms with Gasteiger partial charge in [0.1, 0.15) is 0 Å². The van der Waals surface area contributed by atoms with Crippen molar-refractivity contribution in [3.05, 3.63) is 0 Å². The van der Waals surface area contributed by atoms with E-state index in [0.717, 1.165) is 18.5 Å². The average molecular weight is 254 g/mol. The van der Waals surface area contributed by atoms with Gasteiger partial charge < -0.3 is 10.2 Å². The van der Waals surface area contributed by atoms with Crippen LogP contribution in [0.25, 0.3) is 0 Å². The van der Waals surface area contributed by atoms with Gasteiger partial charge in [-0.05, 0) is 65.5 Å². The smallest absolute Gasteiger partial charge is 0.00965 e. The molecule has 0 aromatic heterocycles. The highest BCUT2D eigenvalue weighted by atomic mass is 15.2. The summed E-state index contributed by atoms with van der Waals surface area (Å²) >= 11 is 0. The molecule has 0 heterocycles. The number of rotatable bonds is 9. The number of nitrogens with zero attached hydrogens (tertiary/aromatic N) is 1. The summed E-state index contributed by atoms with van der Waals surface area (Å²) in [5.41, 5.74) is 0.275. The molecule has 0 spiro atoms. The Morgan fingerprint density at radius 2 is 1.78 bits per heavy atom. The van der Waals surface area contributed by atoms with Crippen molar-refractivity contribution >= 4 is 0 Å². The maximum Gasteiger partial charge on any atom is 0.00965 e. The molecule has 1 aliphatic rings. The maximum absolute atomic E-state index is 3.56. The van der Waals surface area contributed by atoms with Gasteiger partial charge in [0.2, 0.25) is 0 Å². The van der Waals surface area contributed by atoms with Crippen LogP contribution in [0, 0.1) is 5.92 Å². The van der Waals surface area contributed by atoms with Crippen LogP contribution in [0.3, 0.4) is 0 Å². The van der Waals surface area contributed by atoms with Gasteiger partial charge in [-0.25, -0.2) is 0 Å². The Morgan fingerprint density at radius 3 is 2.28 bits per heavy atom. The fourth-order valence-corrected chi connectivity index (χ4v) is 2.41. The normalized spacial score (nSPS) is 16.8. The molecule has 1 rings (SSSR count). The van der Waals surface area contributed by atoms with Crippen LogP contribution in [0.1, 0.15) is 66.7 Å². The molecule has 0 saturated heterocycles. The molecule has 0 amide bonds. The second kappa shape index (κ2) is 7.49. The summed E-state index contributed by atoms with van der Waals surface area (Å²) < 4.78 is 0. The highest BCUT2D eigenvalue weighted by Crippen LogP contribution is 2.27. The summed E-state index contributed by atoms with van der Waals surface area (Å²) in [4.78, 5) is 2.72. The van der Waals surface area contributed by atoms with Crippen molar-refractivity contribution in [2.45, 2.75) is 78.3 Å². The molecule has 0 aromatic carbocycles. The zero-order chi connectivity index (χ0) is 13.6. The van der Waals surface area contributed by atoms with E-state index in [1.54, 1.807) is 0 Å². The zero-order valence-electron chi connectivity index (χ0n) is 13.3. The quantitative estimate of drug-likeness (QED) is 0.632. The van der Waals surface area contributed by atoms with Gasteiger partial charge in [0.25, 0.3) is 0 Å². The third-order valence-electron chi connectivity index (χ3n) is 3.44. The lowest BCUT2D eigenvalue weighted by Gasteiger charge is -2.24. The Labute approximate surface area is 115 Å². The van der Waals surface area contributed by atoms with Gasteiger partial charge in [-0.15, -0.1) is 0 Å². The number of hydrogen-bond acceptors (Lipinski definition) is 2. The first-order valence-electron chi connectivity index (χ1n) is 7.87. The molecule has 1 saturated carbocycles. The van der Waals surface area contributed by atoms with Gasteiger partial charge >= 0.3 is 0 Å². The molecule has 108 valence electrons. The minimum atomic E-state index is 0.275. The highest BCUT2D eigenvalue weighted by Gasteiger charge is 2.28. The van der Waals surface area contributed by atoms with Crippen LogP contribution in [0.2, 0.25) is 0 Å². The van der Waals surface area contributed by atoms with Gasteiger partial charge in [-0.3, -0.25) is 0 Å². The fraction of sp³-hybridized carbons (Fsp3) is 1.00. The molecule has 0 unspecified atom stereocenters. The van der Waals surface area contributed by atoms with E-state index in [9.17, 15) is 0 Å². The predicted octanol–water partition coefficient (Wildman–Crippen LogP) is 3.67. The highest BCUT2D eigenvalue weighted by molar-refractivity contribution is 4.84. The molecule has 1 fully saturated rings.